The van der Waals surface area contributed by atoms with Crippen molar-refractivity contribution in [2.24, 2.45) is 5.92 Å². The van der Waals surface area contributed by atoms with E-state index in [0.29, 0.717) is 6.61 Å². The second-order valence-electron chi connectivity index (χ2n) is 8.85. The minimum Gasteiger partial charge on any atom is -0.476 e. The summed E-state index contributed by atoms with van der Waals surface area (Å²) in [5, 5.41) is 3.41. The van der Waals surface area contributed by atoms with Crippen LogP contribution in [0.5, 0.6) is 5.75 Å². The number of hydrogen-bond donors (Lipinski definition) is 1. The number of benzene rings is 2. The van der Waals surface area contributed by atoms with Crippen LogP contribution in [0.3, 0.4) is 0 Å². The van der Waals surface area contributed by atoms with Crippen molar-refractivity contribution in [3.8, 4) is 5.75 Å². The Balaban J connectivity index is 0.000000321. The molecule has 1 aliphatic heterocycles. The third kappa shape index (κ3) is 8.20. The van der Waals surface area contributed by atoms with Crippen LogP contribution in [-0.4, -0.2) is 43.8 Å². The third-order valence-corrected chi connectivity index (χ3v) is 6.33. The molecule has 1 saturated heterocycles. The van der Waals surface area contributed by atoms with Crippen molar-refractivity contribution in [2.75, 3.05) is 26.0 Å². The molecule has 0 spiro atoms. The van der Waals surface area contributed by atoms with E-state index in [1.807, 2.05) is 44.4 Å². The lowest BCUT2D eigenvalue weighted by Crippen LogP contribution is -2.40. The molecule has 1 N–H and O–H groups in total. The summed E-state index contributed by atoms with van der Waals surface area (Å²) in [6, 6.07) is 11.9. The van der Waals surface area contributed by atoms with E-state index < -0.39 is 5.60 Å². The monoisotopic (exact) mass is 471 g/mol. The highest BCUT2D eigenvalue weighted by atomic mass is 32.2. The molecule has 2 aromatic carbocycles. The summed E-state index contributed by atoms with van der Waals surface area (Å²) in [4.78, 5) is 23.4. The molecular weight excluding hydrogens is 434 g/mol. The Morgan fingerprint density at radius 2 is 1.82 bits per heavy atom. The first-order chi connectivity index (χ1) is 15.7. The van der Waals surface area contributed by atoms with Gasteiger partial charge in [-0.25, -0.2) is 4.79 Å². The van der Waals surface area contributed by atoms with Crippen LogP contribution in [0.15, 0.2) is 41.3 Å². The van der Waals surface area contributed by atoms with E-state index in [2.05, 4.69) is 17.4 Å². The Morgan fingerprint density at radius 3 is 2.30 bits per heavy atom. The summed E-state index contributed by atoms with van der Waals surface area (Å²) in [6.07, 6.45) is 5.20. The van der Waals surface area contributed by atoms with Crippen molar-refractivity contribution in [1.29, 1.82) is 0 Å². The standard InChI is InChI=1S/C19H29NO3.C8H8OS/c1-6-22-18(21)19(4,5)23-17-13(2)9-16(10-14(17)3)11-15-7-8-20-12-15;1-10-8-4-2-7(6-9)3-5-8/h9-10,15,20H,6-8,11-12H2,1-5H3;2-6H,1H3. The first-order valence-electron chi connectivity index (χ1n) is 11.5. The van der Waals surface area contributed by atoms with Gasteiger partial charge in [0.25, 0.3) is 0 Å². The zero-order valence-corrected chi connectivity index (χ0v) is 21.5. The number of carbonyl (C=O) groups is 2. The topological polar surface area (TPSA) is 64.6 Å². The largest absolute Gasteiger partial charge is 0.476 e. The van der Waals surface area contributed by atoms with Gasteiger partial charge in [-0.1, -0.05) is 24.3 Å². The molecule has 5 nitrogen and oxygen atoms in total. The van der Waals surface area contributed by atoms with Crippen molar-refractivity contribution in [3.05, 3.63) is 58.7 Å². The first-order valence-corrected chi connectivity index (χ1v) is 12.7. The van der Waals surface area contributed by atoms with Crippen LogP contribution in [0.25, 0.3) is 0 Å². The van der Waals surface area contributed by atoms with Crippen LogP contribution in [0.1, 0.15) is 54.2 Å². The fourth-order valence-electron chi connectivity index (χ4n) is 3.82. The predicted octanol–water partition coefficient (Wildman–Crippen LogP) is 5.40. The minimum atomic E-state index is -0.984. The maximum absolute atomic E-state index is 12.0. The molecule has 1 fully saturated rings. The summed E-state index contributed by atoms with van der Waals surface area (Å²) in [5.41, 5.74) is 3.24. The molecule has 1 heterocycles. The Bertz CT molecular complexity index is 895. The summed E-state index contributed by atoms with van der Waals surface area (Å²) < 4.78 is 11.1. The first kappa shape index (κ1) is 26.9. The van der Waals surface area contributed by atoms with Gasteiger partial charge in [-0.2, -0.15) is 0 Å². The van der Waals surface area contributed by atoms with E-state index in [4.69, 9.17) is 9.47 Å². The number of nitrogens with one attached hydrogen (secondary N) is 1. The van der Waals surface area contributed by atoms with Gasteiger partial charge in [0.15, 0.2) is 5.60 Å². The molecule has 0 radical (unpaired) electrons. The number of aryl methyl sites for hydroxylation is 2. The third-order valence-electron chi connectivity index (χ3n) is 5.58. The molecule has 1 atom stereocenters. The van der Waals surface area contributed by atoms with Gasteiger partial charge in [-0.3, -0.25) is 4.79 Å². The molecule has 0 aromatic heterocycles. The predicted molar refractivity (Wildman–Crippen MR) is 136 cm³/mol. The molecule has 33 heavy (non-hydrogen) atoms. The van der Waals surface area contributed by atoms with E-state index in [1.54, 1.807) is 32.5 Å². The second-order valence-corrected chi connectivity index (χ2v) is 9.73. The Hall–Kier alpha value is -2.31. The molecule has 0 bridgehead atoms. The molecule has 6 heteroatoms. The van der Waals surface area contributed by atoms with Crippen LogP contribution in [0.4, 0.5) is 0 Å². The maximum Gasteiger partial charge on any atom is 0.349 e. The highest BCUT2D eigenvalue weighted by molar-refractivity contribution is 7.98. The number of aldehydes is 1. The fraction of sp³-hybridized carbons (Fsp3) is 0.481. The number of thioether (sulfide) groups is 1. The van der Waals surface area contributed by atoms with Crippen LogP contribution < -0.4 is 10.1 Å². The van der Waals surface area contributed by atoms with Gasteiger partial charge >= 0.3 is 5.97 Å². The molecule has 0 amide bonds. The average Bonchev–Trinajstić information content (AvgIpc) is 3.30. The van der Waals surface area contributed by atoms with Crippen LogP contribution in [-0.2, 0) is 16.0 Å². The zero-order valence-electron chi connectivity index (χ0n) is 20.7. The van der Waals surface area contributed by atoms with Crippen LogP contribution in [0, 0.1) is 19.8 Å². The lowest BCUT2D eigenvalue weighted by Gasteiger charge is -2.26. The molecule has 180 valence electrons. The van der Waals surface area contributed by atoms with Crippen molar-refractivity contribution < 1.29 is 19.1 Å². The molecule has 0 aliphatic carbocycles. The Kier molecular flexibility index (Phi) is 10.5. The summed E-state index contributed by atoms with van der Waals surface area (Å²) in [7, 11) is 0. The lowest BCUT2D eigenvalue weighted by molar-refractivity contribution is -0.158. The van der Waals surface area contributed by atoms with Gasteiger partial charge in [-0.15, -0.1) is 11.8 Å². The van der Waals surface area contributed by atoms with E-state index in [9.17, 15) is 9.59 Å². The van der Waals surface area contributed by atoms with E-state index in [0.717, 1.165) is 54.2 Å². The van der Waals surface area contributed by atoms with Crippen LogP contribution >= 0.6 is 11.8 Å². The van der Waals surface area contributed by atoms with Crippen molar-refractivity contribution >= 4 is 24.0 Å². The number of rotatable bonds is 8. The van der Waals surface area contributed by atoms with Gasteiger partial charge in [0.2, 0.25) is 0 Å². The molecule has 0 saturated carbocycles. The summed E-state index contributed by atoms with van der Waals surface area (Å²) >= 11 is 1.67. The molecule has 3 rings (SSSR count). The SMILES string of the molecule is CCOC(=O)C(C)(C)Oc1c(C)cc(CC2CCNC2)cc1C.CSc1ccc(C=O)cc1. The smallest absolute Gasteiger partial charge is 0.349 e. The lowest BCUT2D eigenvalue weighted by atomic mass is 9.95. The van der Waals surface area contributed by atoms with E-state index >= 15 is 0 Å². The van der Waals surface area contributed by atoms with Crippen LogP contribution in [0.2, 0.25) is 0 Å². The molecule has 1 aliphatic rings. The molecule has 2 aromatic rings. The van der Waals surface area contributed by atoms with Crippen molar-refractivity contribution in [2.45, 2.75) is 58.0 Å². The maximum atomic E-state index is 12.0. The quantitative estimate of drug-likeness (QED) is 0.316. The van der Waals surface area contributed by atoms with Gasteiger partial charge in [0.1, 0.15) is 12.0 Å². The summed E-state index contributed by atoms with van der Waals surface area (Å²) in [6.45, 7) is 12.0. The summed E-state index contributed by atoms with van der Waals surface area (Å²) in [5.74, 6) is 1.17. The van der Waals surface area contributed by atoms with E-state index in [1.165, 1.54) is 16.9 Å². The minimum absolute atomic E-state index is 0.333. The van der Waals surface area contributed by atoms with Gasteiger partial charge in [0.05, 0.1) is 6.61 Å². The average molecular weight is 472 g/mol. The van der Waals surface area contributed by atoms with Gasteiger partial charge in [0, 0.05) is 10.5 Å². The van der Waals surface area contributed by atoms with Gasteiger partial charge in [-0.05, 0) is 102 Å². The Labute approximate surface area is 202 Å². The number of carbonyl (C=O) groups excluding carboxylic acids is 2. The van der Waals surface area contributed by atoms with Gasteiger partial charge < -0.3 is 14.8 Å². The fourth-order valence-corrected chi connectivity index (χ4v) is 4.23. The highest BCUT2D eigenvalue weighted by Gasteiger charge is 2.32. The van der Waals surface area contributed by atoms with Crippen molar-refractivity contribution in [3.63, 3.8) is 0 Å². The molecule has 1 unspecified atom stereocenters. The number of hydrogen-bond acceptors (Lipinski definition) is 6. The second kappa shape index (κ2) is 12.8. The highest BCUT2D eigenvalue weighted by Crippen LogP contribution is 2.30. The normalized spacial score (nSPS) is 15.4. The van der Waals surface area contributed by atoms with E-state index in [-0.39, 0.29) is 5.97 Å². The zero-order chi connectivity index (χ0) is 24.4. The Morgan fingerprint density at radius 1 is 1.18 bits per heavy atom. The van der Waals surface area contributed by atoms with Crippen molar-refractivity contribution in [1.82, 2.24) is 5.32 Å². The number of esters is 1. The molecular formula is C27H37NO4S. The number of ether oxygens (including phenoxy) is 2.